The van der Waals surface area contributed by atoms with Crippen molar-refractivity contribution >= 4 is 5.91 Å². The normalized spacial score (nSPS) is 9.57. The van der Waals surface area contributed by atoms with E-state index >= 15 is 0 Å². The van der Waals surface area contributed by atoms with Gasteiger partial charge in [0.1, 0.15) is 5.69 Å². The number of carbonyl (C=O) groups is 1. The highest BCUT2D eigenvalue weighted by Crippen LogP contribution is 2.03. The Balaban J connectivity index is 1.97. The highest BCUT2D eigenvalue weighted by atomic mass is 16.1. The fourth-order valence-electron chi connectivity index (χ4n) is 1.78. The molecule has 2 heterocycles. The molecule has 0 unspecified atom stereocenters. The van der Waals surface area contributed by atoms with Crippen LogP contribution in [0.4, 0.5) is 0 Å². The van der Waals surface area contributed by atoms with Gasteiger partial charge < -0.3 is 11.1 Å². The summed E-state index contributed by atoms with van der Waals surface area (Å²) < 4.78 is 0. The Bertz CT molecular complexity index is 659. The molecule has 2 aromatic heterocycles. The molecule has 0 fully saturated rings. The molecule has 5 nitrogen and oxygen atoms in total. The lowest BCUT2D eigenvalue weighted by Gasteiger charge is -2.06. The monoisotopic (exact) mass is 280 g/mol. The quantitative estimate of drug-likeness (QED) is 0.810. The number of aromatic nitrogens is 2. The Labute approximate surface area is 123 Å². The molecule has 0 spiro atoms. The van der Waals surface area contributed by atoms with Gasteiger partial charge in [-0.15, -0.1) is 0 Å². The lowest BCUT2D eigenvalue weighted by Crippen LogP contribution is -2.27. The zero-order valence-electron chi connectivity index (χ0n) is 11.5. The van der Waals surface area contributed by atoms with Crippen molar-refractivity contribution in [3.8, 4) is 11.8 Å². The van der Waals surface area contributed by atoms with Crippen LogP contribution in [0.2, 0.25) is 0 Å². The second-order valence-corrected chi connectivity index (χ2v) is 4.27. The van der Waals surface area contributed by atoms with Crippen LogP contribution in [0.5, 0.6) is 0 Å². The number of hydrogen-bond acceptors (Lipinski definition) is 4. The predicted octanol–water partition coefficient (Wildman–Crippen LogP) is 0.759. The summed E-state index contributed by atoms with van der Waals surface area (Å²) in [4.78, 5) is 20.3. The molecule has 106 valence electrons. The molecule has 0 aliphatic heterocycles. The maximum Gasteiger partial charge on any atom is 0.271 e. The third kappa shape index (κ3) is 4.41. The topological polar surface area (TPSA) is 80.9 Å². The number of carbonyl (C=O) groups excluding carboxylic acids is 1. The highest BCUT2D eigenvalue weighted by molar-refractivity contribution is 5.94. The van der Waals surface area contributed by atoms with Crippen molar-refractivity contribution in [3.05, 3.63) is 59.7 Å². The van der Waals surface area contributed by atoms with Gasteiger partial charge in [0.2, 0.25) is 0 Å². The first-order valence-electron chi connectivity index (χ1n) is 6.62. The molecule has 0 saturated heterocycles. The van der Waals surface area contributed by atoms with Gasteiger partial charge in [0.15, 0.2) is 0 Å². The van der Waals surface area contributed by atoms with E-state index in [-0.39, 0.29) is 12.5 Å². The van der Waals surface area contributed by atoms with E-state index in [1.165, 1.54) is 0 Å². The van der Waals surface area contributed by atoms with Crippen molar-refractivity contribution in [2.24, 2.45) is 5.73 Å². The van der Waals surface area contributed by atoms with Crippen LogP contribution in [-0.4, -0.2) is 29.0 Å². The average molecular weight is 280 g/mol. The van der Waals surface area contributed by atoms with Gasteiger partial charge in [-0.3, -0.25) is 9.78 Å². The van der Waals surface area contributed by atoms with Crippen LogP contribution < -0.4 is 11.1 Å². The second kappa shape index (κ2) is 7.78. The lowest BCUT2D eigenvalue weighted by molar-refractivity contribution is 0.0949. The minimum atomic E-state index is -0.235. The second-order valence-electron chi connectivity index (χ2n) is 4.27. The van der Waals surface area contributed by atoms with Gasteiger partial charge >= 0.3 is 0 Å². The maximum atomic E-state index is 12.1. The van der Waals surface area contributed by atoms with Gasteiger partial charge in [-0.25, -0.2) is 4.98 Å². The van der Waals surface area contributed by atoms with Crippen LogP contribution in [0, 0.1) is 11.8 Å². The van der Waals surface area contributed by atoms with E-state index in [0.29, 0.717) is 17.8 Å². The van der Waals surface area contributed by atoms with Crippen LogP contribution in [-0.2, 0) is 6.42 Å². The minimum absolute atomic E-state index is 0.235. The summed E-state index contributed by atoms with van der Waals surface area (Å²) in [7, 11) is 0. The Hall–Kier alpha value is -2.71. The van der Waals surface area contributed by atoms with Crippen LogP contribution in [0.25, 0.3) is 0 Å². The Morgan fingerprint density at radius 1 is 1.29 bits per heavy atom. The third-order valence-corrected chi connectivity index (χ3v) is 2.77. The van der Waals surface area contributed by atoms with E-state index in [1.807, 2.05) is 12.1 Å². The molecular formula is C16H16N4O. The molecule has 0 aliphatic rings. The van der Waals surface area contributed by atoms with Crippen LogP contribution in [0.3, 0.4) is 0 Å². The number of nitrogens with one attached hydrogen (secondary N) is 1. The molecule has 0 aromatic carbocycles. The van der Waals surface area contributed by atoms with Gasteiger partial charge in [0, 0.05) is 25.1 Å². The van der Waals surface area contributed by atoms with Crippen LogP contribution in [0.1, 0.15) is 21.6 Å². The number of nitrogens with zero attached hydrogens (tertiary/aromatic N) is 2. The molecule has 0 aliphatic carbocycles. The Kier molecular flexibility index (Phi) is 5.44. The summed E-state index contributed by atoms with van der Waals surface area (Å²) >= 11 is 0. The first kappa shape index (κ1) is 14.7. The van der Waals surface area contributed by atoms with E-state index in [1.54, 1.807) is 30.7 Å². The standard InChI is InChI=1S/C16H16N4O/c17-8-1-5-14-6-3-10-19-15(14)16(21)20-11-7-13-4-2-9-18-12-13/h2-4,6,9-10,12H,7-8,11,17H2,(H,20,21). The molecule has 0 radical (unpaired) electrons. The Morgan fingerprint density at radius 3 is 2.90 bits per heavy atom. The van der Waals surface area contributed by atoms with E-state index in [0.717, 1.165) is 12.0 Å². The summed E-state index contributed by atoms with van der Waals surface area (Å²) in [5, 5.41) is 2.84. The van der Waals surface area contributed by atoms with Crippen molar-refractivity contribution in [3.63, 3.8) is 0 Å². The van der Waals surface area contributed by atoms with E-state index in [2.05, 4.69) is 27.1 Å². The van der Waals surface area contributed by atoms with Gasteiger partial charge in [0.25, 0.3) is 5.91 Å². The first-order chi connectivity index (χ1) is 10.3. The number of amides is 1. The lowest BCUT2D eigenvalue weighted by atomic mass is 10.1. The largest absolute Gasteiger partial charge is 0.350 e. The maximum absolute atomic E-state index is 12.1. The number of pyridine rings is 2. The molecule has 21 heavy (non-hydrogen) atoms. The SMILES string of the molecule is NCC#Cc1cccnc1C(=O)NCCc1cccnc1. The highest BCUT2D eigenvalue weighted by Gasteiger charge is 2.10. The van der Waals surface area contributed by atoms with Gasteiger partial charge in [-0.05, 0) is 30.2 Å². The molecule has 0 bridgehead atoms. The van der Waals surface area contributed by atoms with Gasteiger partial charge in [0.05, 0.1) is 12.1 Å². The minimum Gasteiger partial charge on any atom is -0.350 e. The fourth-order valence-corrected chi connectivity index (χ4v) is 1.78. The molecule has 0 atom stereocenters. The molecule has 5 heteroatoms. The molecule has 2 aromatic rings. The molecule has 2 rings (SSSR count). The van der Waals surface area contributed by atoms with Crippen molar-refractivity contribution in [2.45, 2.75) is 6.42 Å². The van der Waals surface area contributed by atoms with Crippen LogP contribution in [0.15, 0.2) is 42.9 Å². The number of rotatable bonds is 4. The molecule has 0 saturated carbocycles. The van der Waals surface area contributed by atoms with E-state index < -0.39 is 0 Å². The van der Waals surface area contributed by atoms with E-state index in [9.17, 15) is 4.79 Å². The van der Waals surface area contributed by atoms with Crippen molar-refractivity contribution in [1.82, 2.24) is 15.3 Å². The molecular weight excluding hydrogens is 264 g/mol. The fraction of sp³-hybridized carbons (Fsp3) is 0.188. The zero-order chi connectivity index (χ0) is 14.9. The van der Waals surface area contributed by atoms with E-state index in [4.69, 9.17) is 5.73 Å². The number of nitrogens with two attached hydrogens (primary N) is 1. The average Bonchev–Trinajstić information content (AvgIpc) is 2.54. The summed E-state index contributed by atoms with van der Waals surface area (Å²) in [5.74, 6) is 5.35. The predicted molar refractivity (Wildman–Crippen MR) is 80.4 cm³/mol. The summed E-state index contributed by atoms with van der Waals surface area (Å²) in [5.41, 5.74) is 7.33. The third-order valence-electron chi connectivity index (χ3n) is 2.77. The van der Waals surface area contributed by atoms with Crippen molar-refractivity contribution in [1.29, 1.82) is 0 Å². The molecule has 1 amide bonds. The van der Waals surface area contributed by atoms with Crippen molar-refractivity contribution in [2.75, 3.05) is 13.1 Å². The van der Waals surface area contributed by atoms with Crippen molar-refractivity contribution < 1.29 is 4.79 Å². The summed E-state index contributed by atoms with van der Waals surface area (Å²) in [6, 6.07) is 7.34. The first-order valence-corrected chi connectivity index (χ1v) is 6.62. The van der Waals surface area contributed by atoms with Gasteiger partial charge in [-0.1, -0.05) is 17.9 Å². The summed E-state index contributed by atoms with van der Waals surface area (Å²) in [6.45, 7) is 0.766. The smallest absolute Gasteiger partial charge is 0.271 e. The molecule has 3 N–H and O–H groups in total. The summed E-state index contributed by atoms with van der Waals surface area (Å²) in [6.07, 6.45) is 5.79. The van der Waals surface area contributed by atoms with Gasteiger partial charge in [-0.2, -0.15) is 0 Å². The zero-order valence-corrected chi connectivity index (χ0v) is 11.5. The van der Waals surface area contributed by atoms with Crippen LogP contribution >= 0.6 is 0 Å². The Morgan fingerprint density at radius 2 is 2.14 bits per heavy atom. The number of hydrogen-bond donors (Lipinski definition) is 2.